The van der Waals surface area contributed by atoms with Gasteiger partial charge >= 0.3 is 5.97 Å². The largest absolute Gasteiger partial charge is 0.494 e. The minimum absolute atomic E-state index is 0.281. The minimum atomic E-state index is -0.415. The summed E-state index contributed by atoms with van der Waals surface area (Å²) in [6.45, 7) is 2.59. The molecular weight excluding hydrogens is 304 g/mol. The van der Waals surface area contributed by atoms with E-state index in [9.17, 15) is 4.79 Å². The molecule has 1 aliphatic rings. The second kappa shape index (κ2) is 6.43. The average Bonchev–Trinajstić information content (AvgIpc) is 2.91. The minimum Gasteiger partial charge on any atom is -0.494 e. The summed E-state index contributed by atoms with van der Waals surface area (Å²) in [5.41, 5.74) is 3.46. The molecule has 3 rings (SSSR count). The molecule has 0 saturated heterocycles. The highest BCUT2D eigenvalue weighted by Gasteiger charge is 2.34. The second-order valence-electron chi connectivity index (χ2n) is 5.96. The number of hydrogen-bond donors (Lipinski definition) is 0. The zero-order valence-corrected chi connectivity index (χ0v) is 14.4. The van der Waals surface area contributed by atoms with Gasteiger partial charge in [-0.3, -0.25) is 0 Å². The second-order valence-corrected chi connectivity index (χ2v) is 5.96. The number of esters is 1. The molecule has 0 fully saturated rings. The van der Waals surface area contributed by atoms with Gasteiger partial charge in [0, 0.05) is 38.1 Å². The summed E-state index contributed by atoms with van der Waals surface area (Å²) in [6, 6.07) is 13.6. The van der Waals surface area contributed by atoms with Crippen molar-refractivity contribution < 1.29 is 14.3 Å². The number of ether oxygens (including phenoxy) is 2. The van der Waals surface area contributed by atoms with Crippen molar-refractivity contribution in [1.82, 2.24) is 0 Å². The van der Waals surface area contributed by atoms with E-state index in [-0.39, 0.29) is 5.97 Å². The Morgan fingerprint density at radius 2 is 1.71 bits per heavy atom. The highest BCUT2D eigenvalue weighted by atomic mass is 16.6. The Hall–Kier alpha value is -2.69. The lowest BCUT2D eigenvalue weighted by Gasteiger charge is -2.26. The Balaban J connectivity index is 1.87. The lowest BCUT2D eigenvalue weighted by Crippen LogP contribution is -2.24. The molecule has 1 aliphatic heterocycles. The van der Waals surface area contributed by atoms with Crippen LogP contribution in [0.1, 0.15) is 29.1 Å². The van der Waals surface area contributed by atoms with Crippen LogP contribution in [0.25, 0.3) is 0 Å². The number of rotatable bonds is 5. The smallest absolute Gasteiger partial charge is 0.340 e. The predicted molar refractivity (Wildman–Crippen MR) is 94.9 cm³/mol. The number of fused-ring (bicyclic) bond motifs is 1. The molecule has 0 N–H and O–H groups in total. The SMILES string of the molecule is CCOc1ccc(N(C)C2OC(=O)c3cc(N(C)C)ccc32)cc1. The third-order valence-electron chi connectivity index (χ3n) is 4.16. The molecule has 0 spiro atoms. The van der Waals surface area contributed by atoms with Crippen LogP contribution in [0.3, 0.4) is 0 Å². The molecule has 1 heterocycles. The number of cyclic esters (lactones) is 1. The zero-order chi connectivity index (χ0) is 17.3. The Morgan fingerprint density at radius 3 is 2.33 bits per heavy atom. The molecule has 0 radical (unpaired) electrons. The van der Waals surface area contributed by atoms with Gasteiger partial charge in [0.05, 0.1) is 12.2 Å². The summed E-state index contributed by atoms with van der Waals surface area (Å²) in [7, 11) is 5.82. The molecule has 2 aromatic rings. The molecule has 0 aromatic heterocycles. The van der Waals surface area contributed by atoms with Gasteiger partial charge in [0.1, 0.15) is 5.75 Å². The van der Waals surface area contributed by atoms with Crippen molar-refractivity contribution in [2.24, 2.45) is 0 Å². The normalized spacial score (nSPS) is 15.7. The van der Waals surface area contributed by atoms with Crippen LogP contribution in [0.15, 0.2) is 42.5 Å². The van der Waals surface area contributed by atoms with Crippen molar-refractivity contribution in [1.29, 1.82) is 0 Å². The van der Waals surface area contributed by atoms with Gasteiger partial charge in [-0.2, -0.15) is 0 Å². The molecule has 0 amide bonds. The van der Waals surface area contributed by atoms with E-state index >= 15 is 0 Å². The Labute approximate surface area is 142 Å². The Kier molecular flexibility index (Phi) is 4.34. The number of nitrogens with zero attached hydrogens (tertiary/aromatic N) is 2. The predicted octanol–water partition coefficient (Wildman–Crippen LogP) is 3.46. The number of benzene rings is 2. The van der Waals surface area contributed by atoms with Crippen LogP contribution in [-0.2, 0) is 4.74 Å². The van der Waals surface area contributed by atoms with E-state index in [1.165, 1.54) is 0 Å². The molecule has 1 unspecified atom stereocenters. The molecule has 126 valence electrons. The van der Waals surface area contributed by atoms with Crippen molar-refractivity contribution in [3.8, 4) is 5.75 Å². The van der Waals surface area contributed by atoms with E-state index in [1.54, 1.807) is 0 Å². The first-order chi connectivity index (χ1) is 11.5. The molecule has 0 saturated carbocycles. The van der Waals surface area contributed by atoms with Gasteiger partial charge in [0.15, 0.2) is 0 Å². The maximum atomic E-state index is 12.2. The third-order valence-corrected chi connectivity index (χ3v) is 4.16. The van der Waals surface area contributed by atoms with Gasteiger partial charge in [0.2, 0.25) is 6.23 Å². The average molecular weight is 326 g/mol. The van der Waals surface area contributed by atoms with E-state index in [0.717, 1.165) is 22.7 Å². The van der Waals surface area contributed by atoms with Crippen molar-refractivity contribution in [3.05, 3.63) is 53.6 Å². The number of carbonyl (C=O) groups excluding carboxylic acids is 1. The van der Waals surface area contributed by atoms with Gasteiger partial charge in [-0.1, -0.05) is 6.07 Å². The molecule has 24 heavy (non-hydrogen) atoms. The van der Waals surface area contributed by atoms with Crippen molar-refractivity contribution in [2.75, 3.05) is 37.5 Å². The van der Waals surface area contributed by atoms with Crippen LogP contribution >= 0.6 is 0 Å². The summed E-state index contributed by atoms with van der Waals surface area (Å²) in [5, 5.41) is 0. The molecule has 2 aromatic carbocycles. The van der Waals surface area contributed by atoms with E-state index in [4.69, 9.17) is 9.47 Å². The van der Waals surface area contributed by atoms with E-state index in [2.05, 4.69) is 0 Å². The van der Waals surface area contributed by atoms with Crippen LogP contribution < -0.4 is 14.5 Å². The first kappa shape index (κ1) is 16.2. The summed E-state index contributed by atoms with van der Waals surface area (Å²) in [6.07, 6.45) is -0.415. The van der Waals surface area contributed by atoms with Crippen molar-refractivity contribution in [3.63, 3.8) is 0 Å². The standard InChI is InChI=1S/C19H22N2O3/c1-5-23-15-9-6-13(7-10-15)21(4)18-16-11-8-14(20(2)3)12-17(16)19(22)24-18/h6-12,18H,5H2,1-4H3. The Bertz CT molecular complexity index is 741. The fourth-order valence-electron chi connectivity index (χ4n) is 2.81. The molecule has 5 heteroatoms. The van der Waals surface area contributed by atoms with Gasteiger partial charge in [-0.05, 0) is 43.3 Å². The van der Waals surface area contributed by atoms with Gasteiger partial charge in [-0.15, -0.1) is 0 Å². The zero-order valence-electron chi connectivity index (χ0n) is 14.4. The fourth-order valence-corrected chi connectivity index (χ4v) is 2.81. The van der Waals surface area contributed by atoms with Gasteiger partial charge in [-0.25, -0.2) is 4.79 Å². The van der Waals surface area contributed by atoms with Crippen LogP contribution in [0, 0.1) is 0 Å². The lowest BCUT2D eigenvalue weighted by molar-refractivity contribution is 0.0388. The summed E-state index contributed by atoms with van der Waals surface area (Å²) >= 11 is 0. The molecule has 5 nitrogen and oxygen atoms in total. The van der Waals surface area contributed by atoms with Crippen LogP contribution in [0.5, 0.6) is 5.75 Å². The number of carbonyl (C=O) groups is 1. The summed E-state index contributed by atoms with van der Waals surface area (Å²) in [4.78, 5) is 16.2. The van der Waals surface area contributed by atoms with Crippen LogP contribution in [-0.4, -0.2) is 33.7 Å². The molecule has 0 bridgehead atoms. The summed E-state index contributed by atoms with van der Waals surface area (Å²) < 4.78 is 11.1. The maximum Gasteiger partial charge on any atom is 0.340 e. The van der Waals surface area contributed by atoms with Gasteiger partial charge in [0.25, 0.3) is 0 Å². The van der Waals surface area contributed by atoms with E-state index < -0.39 is 6.23 Å². The summed E-state index contributed by atoms with van der Waals surface area (Å²) in [5.74, 6) is 0.547. The molecule has 0 aliphatic carbocycles. The highest BCUT2D eigenvalue weighted by Crippen LogP contribution is 2.37. The van der Waals surface area contributed by atoms with Crippen molar-refractivity contribution >= 4 is 17.3 Å². The first-order valence-electron chi connectivity index (χ1n) is 7.99. The van der Waals surface area contributed by atoms with Crippen LogP contribution in [0.2, 0.25) is 0 Å². The first-order valence-corrected chi connectivity index (χ1v) is 7.99. The third kappa shape index (κ3) is 2.89. The lowest BCUT2D eigenvalue weighted by atomic mass is 10.1. The maximum absolute atomic E-state index is 12.2. The molecular formula is C19H22N2O3. The molecule has 1 atom stereocenters. The monoisotopic (exact) mass is 326 g/mol. The highest BCUT2D eigenvalue weighted by molar-refractivity contribution is 5.95. The van der Waals surface area contributed by atoms with E-state index in [0.29, 0.717) is 12.2 Å². The van der Waals surface area contributed by atoms with Crippen LogP contribution in [0.4, 0.5) is 11.4 Å². The van der Waals surface area contributed by atoms with Crippen molar-refractivity contribution in [2.45, 2.75) is 13.2 Å². The van der Waals surface area contributed by atoms with Gasteiger partial charge < -0.3 is 19.3 Å². The fraction of sp³-hybridized carbons (Fsp3) is 0.316. The topological polar surface area (TPSA) is 42.0 Å². The van der Waals surface area contributed by atoms with E-state index in [1.807, 2.05) is 80.3 Å². The Morgan fingerprint density at radius 1 is 1.04 bits per heavy atom. The number of anilines is 2. The quantitative estimate of drug-likeness (QED) is 0.787. The number of hydrogen-bond acceptors (Lipinski definition) is 5.